The molecule has 0 unspecified atom stereocenters. The van der Waals surface area contributed by atoms with Gasteiger partial charge in [-0.15, -0.1) is 0 Å². The lowest BCUT2D eigenvalue weighted by molar-refractivity contribution is 0.0912. The van der Waals surface area contributed by atoms with Crippen LogP contribution < -0.4 is 15.6 Å². The second-order valence-electron chi connectivity index (χ2n) is 4.75. The van der Waals surface area contributed by atoms with Crippen molar-refractivity contribution < 1.29 is 19.1 Å². The van der Waals surface area contributed by atoms with Crippen LogP contribution in [0.5, 0.6) is 5.75 Å². The molecule has 6 nitrogen and oxygen atoms in total. The molecule has 0 aliphatic rings. The molecule has 0 aromatic heterocycles. The molecule has 0 fully saturated rings. The smallest absolute Gasteiger partial charge is 0.426 e. The highest BCUT2D eigenvalue weighted by Crippen LogP contribution is 2.17. The summed E-state index contributed by atoms with van der Waals surface area (Å²) in [6.07, 6.45) is -0.723. The third-order valence-corrected chi connectivity index (χ3v) is 3.18. The van der Waals surface area contributed by atoms with Crippen LogP contribution in [0.25, 0.3) is 0 Å². The Morgan fingerprint density at radius 1 is 1.08 bits per heavy atom. The number of benzene rings is 2. The number of halogens is 1. The number of rotatable bonds is 5. The zero-order valence-electron chi connectivity index (χ0n) is 13.0. The number of nitrogens with one attached hydrogen (secondary N) is 2. The first kappa shape index (κ1) is 17.6. The normalized spacial score (nSPS) is 9.92. The highest BCUT2D eigenvalue weighted by Gasteiger charge is 2.08. The quantitative estimate of drug-likeness (QED) is 0.813. The molecule has 126 valence electrons. The van der Waals surface area contributed by atoms with Crippen LogP contribution >= 0.6 is 11.6 Å². The topological polar surface area (TPSA) is 76.7 Å². The van der Waals surface area contributed by atoms with Gasteiger partial charge in [0.15, 0.2) is 0 Å². The molecule has 0 bridgehead atoms. The van der Waals surface area contributed by atoms with Gasteiger partial charge in [-0.25, -0.2) is 10.2 Å². The largest absolute Gasteiger partial charge is 0.489 e. The fourth-order valence-electron chi connectivity index (χ4n) is 1.87. The summed E-state index contributed by atoms with van der Waals surface area (Å²) in [5.74, 6) is 0.0509. The van der Waals surface area contributed by atoms with Crippen molar-refractivity contribution in [3.05, 3.63) is 64.7 Å². The summed E-state index contributed by atoms with van der Waals surface area (Å²) < 4.78 is 10.3. The Kier molecular flexibility index (Phi) is 6.45. The van der Waals surface area contributed by atoms with Crippen molar-refractivity contribution in [1.82, 2.24) is 10.9 Å². The summed E-state index contributed by atoms with van der Waals surface area (Å²) in [7, 11) is 0. The van der Waals surface area contributed by atoms with Crippen molar-refractivity contribution in [3.8, 4) is 5.75 Å². The van der Waals surface area contributed by atoms with Gasteiger partial charge in [0.25, 0.3) is 5.91 Å². The zero-order valence-corrected chi connectivity index (χ0v) is 13.8. The first-order valence-corrected chi connectivity index (χ1v) is 7.66. The van der Waals surface area contributed by atoms with Crippen LogP contribution in [-0.2, 0) is 11.3 Å². The van der Waals surface area contributed by atoms with Gasteiger partial charge in [0.1, 0.15) is 12.4 Å². The molecule has 2 rings (SSSR count). The van der Waals surface area contributed by atoms with E-state index in [-0.39, 0.29) is 6.61 Å². The molecule has 0 saturated heterocycles. The van der Waals surface area contributed by atoms with Crippen LogP contribution in [0.15, 0.2) is 48.5 Å². The Hall–Kier alpha value is -2.73. The molecule has 0 radical (unpaired) electrons. The van der Waals surface area contributed by atoms with E-state index in [2.05, 4.69) is 15.6 Å². The Morgan fingerprint density at radius 2 is 1.88 bits per heavy atom. The number of hydrazine groups is 1. The highest BCUT2D eigenvalue weighted by molar-refractivity contribution is 6.30. The Bertz CT molecular complexity index is 721. The first-order chi connectivity index (χ1) is 11.6. The SMILES string of the molecule is CCOC(=O)NNC(=O)c1cccc(OCc2cccc(Cl)c2)c1. The lowest BCUT2D eigenvalue weighted by Crippen LogP contribution is -2.41. The molecule has 24 heavy (non-hydrogen) atoms. The van der Waals surface area contributed by atoms with E-state index in [0.29, 0.717) is 22.9 Å². The molecule has 2 aromatic rings. The van der Waals surface area contributed by atoms with Crippen LogP contribution in [0.2, 0.25) is 5.02 Å². The molecule has 0 spiro atoms. The molecule has 0 aliphatic heterocycles. The van der Waals surface area contributed by atoms with Crippen molar-refractivity contribution >= 4 is 23.6 Å². The first-order valence-electron chi connectivity index (χ1n) is 7.29. The summed E-state index contributed by atoms with van der Waals surface area (Å²) in [4.78, 5) is 23.1. The van der Waals surface area contributed by atoms with Gasteiger partial charge in [0, 0.05) is 10.6 Å². The number of hydrogen-bond acceptors (Lipinski definition) is 4. The van der Waals surface area contributed by atoms with Crippen molar-refractivity contribution in [2.24, 2.45) is 0 Å². The van der Waals surface area contributed by atoms with E-state index in [1.165, 1.54) is 0 Å². The molecule has 0 aliphatic carbocycles. The van der Waals surface area contributed by atoms with E-state index in [4.69, 9.17) is 16.3 Å². The summed E-state index contributed by atoms with van der Waals surface area (Å²) in [6, 6.07) is 13.9. The Balaban J connectivity index is 1.93. The van der Waals surface area contributed by atoms with Crippen LogP contribution in [0.3, 0.4) is 0 Å². The standard InChI is InChI=1S/C17H17ClN2O4/c1-2-23-17(22)20-19-16(21)13-6-4-8-15(10-13)24-11-12-5-3-7-14(18)9-12/h3-10H,2,11H2,1H3,(H,19,21)(H,20,22). The fraction of sp³-hybridized carbons (Fsp3) is 0.176. The predicted molar refractivity (Wildman–Crippen MR) is 89.8 cm³/mol. The van der Waals surface area contributed by atoms with Crippen LogP contribution in [0, 0.1) is 0 Å². The van der Waals surface area contributed by atoms with Gasteiger partial charge in [0.2, 0.25) is 0 Å². The molecular formula is C17H17ClN2O4. The molecular weight excluding hydrogens is 332 g/mol. The third-order valence-electron chi connectivity index (χ3n) is 2.94. The molecule has 0 atom stereocenters. The molecule has 2 aromatic carbocycles. The Morgan fingerprint density at radius 3 is 2.62 bits per heavy atom. The monoisotopic (exact) mass is 348 g/mol. The van der Waals surface area contributed by atoms with Gasteiger partial charge < -0.3 is 9.47 Å². The van der Waals surface area contributed by atoms with Crippen molar-refractivity contribution in [2.45, 2.75) is 13.5 Å². The molecule has 2 N–H and O–H groups in total. The lowest BCUT2D eigenvalue weighted by atomic mass is 10.2. The number of carbonyl (C=O) groups excluding carboxylic acids is 2. The molecule has 7 heteroatoms. The fourth-order valence-corrected chi connectivity index (χ4v) is 2.08. The van der Waals surface area contributed by atoms with Gasteiger partial charge in [0.05, 0.1) is 6.61 Å². The summed E-state index contributed by atoms with van der Waals surface area (Å²) in [5.41, 5.74) is 5.67. The average molecular weight is 349 g/mol. The van der Waals surface area contributed by atoms with E-state index in [0.717, 1.165) is 5.56 Å². The molecule has 2 amide bonds. The molecule has 0 heterocycles. The average Bonchev–Trinajstić information content (AvgIpc) is 2.58. The van der Waals surface area contributed by atoms with E-state index < -0.39 is 12.0 Å². The Labute approximate surface area is 144 Å². The second kappa shape index (κ2) is 8.79. The van der Waals surface area contributed by atoms with E-state index in [1.807, 2.05) is 12.1 Å². The van der Waals surface area contributed by atoms with Crippen LogP contribution in [0.1, 0.15) is 22.8 Å². The van der Waals surface area contributed by atoms with E-state index in [9.17, 15) is 9.59 Å². The maximum absolute atomic E-state index is 12.0. The number of ether oxygens (including phenoxy) is 2. The van der Waals surface area contributed by atoms with Crippen molar-refractivity contribution in [2.75, 3.05) is 6.61 Å². The van der Waals surface area contributed by atoms with Gasteiger partial charge in [-0.05, 0) is 42.8 Å². The van der Waals surface area contributed by atoms with Crippen LogP contribution in [0.4, 0.5) is 4.79 Å². The summed E-state index contributed by atoms with van der Waals surface area (Å²) >= 11 is 5.92. The van der Waals surface area contributed by atoms with E-state index >= 15 is 0 Å². The summed E-state index contributed by atoms with van der Waals surface area (Å²) in [5, 5.41) is 0.634. The number of carbonyl (C=O) groups is 2. The van der Waals surface area contributed by atoms with Gasteiger partial charge in [-0.2, -0.15) is 0 Å². The van der Waals surface area contributed by atoms with Crippen molar-refractivity contribution in [3.63, 3.8) is 0 Å². The van der Waals surface area contributed by atoms with Gasteiger partial charge in [-0.1, -0.05) is 29.8 Å². The molecule has 0 saturated carbocycles. The maximum atomic E-state index is 12.0. The minimum atomic E-state index is -0.723. The maximum Gasteiger partial charge on any atom is 0.426 e. The summed E-state index contributed by atoms with van der Waals surface area (Å²) in [6.45, 7) is 2.21. The minimum Gasteiger partial charge on any atom is -0.489 e. The second-order valence-corrected chi connectivity index (χ2v) is 5.18. The predicted octanol–water partition coefficient (Wildman–Crippen LogP) is 3.31. The van der Waals surface area contributed by atoms with Gasteiger partial charge in [-0.3, -0.25) is 10.2 Å². The third kappa shape index (κ3) is 5.48. The van der Waals surface area contributed by atoms with Crippen LogP contribution in [-0.4, -0.2) is 18.6 Å². The highest BCUT2D eigenvalue weighted by atomic mass is 35.5. The minimum absolute atomic E-state index is 0.217. The zero-order chi connectivity index (χ0) is 17.4. The number of hydrogen-bond donors (Lipinski definition) is 2. The number of amides is 2. The lowest BCUT2D eigenvalue weighted by Gasteiger charge is -2.09. The van der Waals surface area contributed by atoms with Gasteiger partial charge >= 0.3 is 6.09 Å². The van der Waals surface area contributed by atoms with E-state index in [1.54, 1.807) is 43.3 Å². The van der Waals surface area contributed by atoms with Crippen molar-refractivity contribution in [1.29, 1.82) is 0 Å².